The third-order valence-corrected chi connectivity index (χ3v) is 4.89. The summed E-state index contributed by atoms with van der Waals surface area (Å²) >= 11 is 11.7. The molecule has 2 aromatic rings. The van der Waals surface area contributed by atoms with Crippen LogP contribution < -0.4 is 10.5 Å². The zero-order valence-electron chi connectivity index (χ0n) is 10.2. The molecule has 0 bridgehead atoms. The van der Waals surface area contributed by atoms with Gasteiger partial charge in [-0.15, -0.1) is 0 Å². The Kier molecular flexibility index (Phi) is 4.49. The molecule has 0 saturated heterocycles. The Morgan fingerprint density at radius 2 is 1.80 bits per heavy atom. The average molecular weight is 332 g/mol. The van der Waals surface area contributed by atoms with E-state index in [0.29, 0.717) is 0 Å². The average Bonchev–Trinajstić information content (AvgIpc) is 2.44. The lowest BCUT2D eigenvalue weighted by Gasteiger charge is -2.10. The van der Waals surface area contributed by atoms with Crippen molar-refractivity contribution in [3.8, 4) is 0 Å². The van der Waals surface area contributed by atoms with Crippen molar-refractivity contribution in [2.75, 3.05) is 5.73 Å². The van der Waals surface area contributed by atoms with Crippen LogP contribution in [0.2, 0.25) is 10.0 Å². The van der Waals surface area contributed by atoms with Gasteiger partial charge in [-0.3, -0.25) is 4.98 Å². The second-order valence-corrected chi connectivity index (χ2v) is 6.47. The van der Waals surface area contributed by atoms with Crippen molar-refractivity contribution in [1.82, 2.24) is 9.71 Å². The van der Waals surface area contributed by atoms with E-state index in [-0.39, 0.29) is 27.2 Å². The standard InChI is InChI=1S/C12H11Cl2N3O2S/c13-9-1-2-10(11(14)12(9)15)20(18,19)17-7-8-3-5-16-6-4-8/h1-6,17H,7,15H2. The normalized spacial score (nSPS) is 11.5. The first-order valence-corrected chi connectivity index (χ1v) is 7.78. The van der Waals surface area contributed by atoms with Gasteiger partial charge in [0.05, 0.1) is 15.7 Å². The quantitative estimate of drug-likeness (QED) is 0.842. The van der Waals surface area contributed by atoms with Crippen LogP contribution in [0.1, 0.15) is 5.56 Å². The van der Waals surface area contributed by atoms with Gasteiger partial charge >= 0.3 is 0 Å². The Morgan fingerprint density at radius 1 is 1.15 bits per heavy atom. The van der Waals surface area contributed by atoms with E-state index in [2.05, 4.69) is 9.71 Å². The number of nitrogens with zero attached hydrogens (tertiary/aromatic N) is 1. The summed E-state index contributed by atoms with van der Waals surface area (Å²) in [5.74, 6) is 0. The summed E-state index contributed by atoms with van der Waals surface area (Å²) in [4.78, 5) is 3.75. The zero-order valence-corrected chi connectivity index (χ0v) is 12.5. The Bertz CT molecular complexity index is 721. The SMILES string of the molecule is Nc1c(Cl)ccc(S(=O)(=O)NCc2ccncc2)c1Cl. The maximum atomic E-state index is 12.2. The molecule has 0 spiro atoms. The molecule has 0 aliphatic carbocycles. The molecular weight excluding hydrogens is 321 g/mol. The molecule has 2 rings (SSSR count). The Balaban J connectivity index is 2.25. The van der Waals surface area contributed by atoms with Crippen molar-refractivity contribution in [3.63, 3.8) is 0 Å². The summed E-state index contributed by atoms with van der Waals surface area (Å²) in [7, 11) is -3.77. The fourth-order valence-corrected chi connectivity index (χ4v) is 3.29. The van der Waals surface area contributed by atoms with Crippen LogP contribution in [0.4, 0.5) is 5.69 Å². The summed E-state index contributed by atoms with van der Waals surface area (Å²) in [6.45, 7) is 0.129. The van der Waals surface area contributed by atoms with E-state index in [1.54, 1.807) is 24.5 Å². The van der Waals surface area contributed by atoms with Crippen LogP contribution in [0.3, 0.4) is 0 Å². The first kappa shape index (κ1) is 15.1. The van der Waals surface area contributed by atoms with Gasteiger partial charge < -0.3 is 5.73 Å². The molecule has 8 heteroatoms. The molecular formula is C12H11Cl2N3O2S. The monoisotopic (exact) mass is 331 g/mol. The molecule has 1 aromatic heterocycles. The van der Waals surface area contributed by atoms with Gasteiger partial charge in [0.15, 0.2) is 0 Å². The van der Waals surface area contributed by atoms with E-state index >= 15 is 0 Å². The number of pyridine rings is 1. The molecule has 0 radical (unpaired) electrons. The Morgan fingerprint density at radius 3 is 2.45 bits per heavy atom. The first-order chi connectivity index (χ1) is 9.42. The molecule has 0 atom stereocenters. The highest BCUT2D eigenvalue weighted by atomic mass is 35.5. The van der Waals surface area contributed by atoms with Crippen molar-refractivity contribution in [1.29, 1.82) is 0 Å². The highest BCUT2D eigenvalue weighted by molar-refractivity contribution is 7.89. The molecule has 20 heavy (non-hydrogen) atoms. The highest BCUT2D eigenvalue weighted by Crippen LogP contribution is 2.32. The number of aromatic nitrogens is 1. The van der Waals surface area contributed by atoms with Crippen molar-refractivity contribution >= 4 is 38.9 Å². The van der Waals surface area contributed by atoms with Crippen LogP contribution in [-0.2, 0) is 16.6 Å². The number of hydrogen-bond acceptors (Lipinski definition) is 4. The summed E-state index contributed by atoms with van der Waals surface area (Å²) in [6, 6.07) is 6.13. The molecule has 1 aromatic carbocycles. The maximum absolute atomic E-state index is 12.2. The van der Waals surface area contributed by atoms with Gasteiger partial charge in [0.2, 0.25) is 10.0 Å². The number of nitrogens with one attached hydrogen (secondary N) is 1. The minimum Gasteiger partial charge on any atom is -0.396 e. The van der Waals surface area contributed by atoms with E-state index in [1.165, 1.54) is 12.1 Å². The fourth-order valence-electron chi connectivity index (χ4n) is 1.51. The number of benzene rings is 1. The van der Waals surface area contributed by atoms with Crippen LogP contribution in [0.15, 0.2) is 41.6 Å². The van der Waals surface area contributed by atoms with Crippen LogP contribution in [0.25, 0.3) is 0 Å². The third-order valence-electron chi connectivity index (χ3n) is 2.60. The molecule has 106 valence electrons. The molecule has 0 aliphatic rings. The number of rotatable bonds is 4. The number of hydrogen-bond donors (Lipinski definition) is 2. The summed E-state index contributed by atoms with van der Waals surface area (Å²) in [6.07, 6.45) is 3.16. The Labute approximate surface area is 126 Å². The summed E-state index contributed by atoms with van der Waals surface area (Å²) in [5.41, 5.74) is 6.44. The highest BCUT2D eigenvalue weighted by Gasteiger charge is 2.20. The molecule has 0 fully saturated rings. The topological polar surface area (TPSA) is 85.1 Å². The third kappa shape index (κ3) is 3.21. The fraction of sp³-hybridized carbons (Fsp3) is 0.0833. The van der Waals surface area contributed by atoms with Gasteiger partial charge in [0, 0.05) is 18.9 Å². The minimum atomic E-state index is -3.77. The summed E-state index contributed by atoms with van der Waals surface area (Å²) < 4.78 is 26.8. The van der Waals surface area contributed by atoms with Crippen LogP contribution in [0, 0.1) is 0 Å². The largest absolute Gasteiger partial charge is 0.396 e. The second kappa shape index (κ2) is 5.97. The minimum absolute atomic E-state index is 0.0418. The summed E-state index contributed by atoms with van der Waals surface area (Å²) in [5, 5.41) is 0.128. The van der Waals surface area contributed by atoms with Gasteiger partial charge in [0.25, 0.3) is 0 Å². The number of sulfonamides is 1. The van der Waals surface area contributed by atoms with E-state index in [9.17, 15) is 8.42 Å². The van der Waals surface area contributed by atoms with E-state index in [4.69, 9.17) is 28.9 Å². The van der Waals surface area contributed by atoms with Crippen LogP contribution in [0.5, 0.6) is 0 Å². The lowest BCUT2D eigenvalue weighted by molar-refractivity contribution is 0.581. The number of anilines is 1. The molecule has 1 heterocycles. The lowest BCUT2D eigenvalue weighted by Crippen LogP contribution is -2.23. The predicted molar refractivity (Wildman–Crippen MR) is 79.1 cm³/mol. The van der Waals surface area contributed by atoms with Gasteiger partial charge in [-0.25, -0.2) is 13.1 Å². The molecule has 3 N–H and O–H groups in total. The zero-order chi connectivity index (χ0) is 14.8. The second-order valence-electron chi connectivity index (χ2n) is 3.95. The van der Waals surface area contributed by atoms with Crippen LogP contribution >= 0.6 is 23.2 Å². The predicted octanol–water partition coefficient (Wildman–Crippen LogP) is 2.45. The van der Waals surface area contributed by atoms with Crippen LogP contribution in [-0.4, -0.2) is 13.4 Å². The molecule has 0 aliphatic heterocycles. The van der Waals surface area contributed by atoms with E-state index in [1.807, 2.05) is 0 Å². The lowest BCUT2D eigenvalue weighted by atomic mass is 10.3. The number of halogens is 2. The van der Waals surface area contributed by atoms with Gasteiger partial charge in [-0.1, -0.05) is 23.2 Å². The van der Waals surface area contributed by atoms with Gasteiger partial charge in [-0.2, -0.15) is 0 Å². The number of nitrogens with two attached hydrogens (primary N) is 1. The van der Waals surface area contributed by atoms with Gasteiger partial charge in [-0.05, 0) is 29.8 Å². The number of nitrogen functional groups attached to an aromatic ring is 1. The van der Waals surface area contributed by atoms with Crippen molar-refractivity contribution in [2.24, 2.45) is 0 Å². The van der Waals surface area contributed by atoms with Crippen molar-refractivity contribution in [2.45, 2.75) is 11.4 Å². The first-order valence-electron chi connectivity index (χ1n) is 5.54. The molecule has 0 saturated carbocycles. The smallest absolute Gasteiger partial charge is 0.242 e. The van der Waals surface area contributed by atoms with E-state index in [0.717, 1.165) is 5.56 Å². The van der Waals surface area contributed by atoms with Crippen molar-refractivity contribution < 1.29 is 8.42 Å². The van der Waals surface area contributed by atoms with Gasteiger partial charge in [0.1, 0.15) is 4.90 Å². The molecule has 0 unspecified atom stereocenters. The molecule has 5 nitrogen and oxygen atoms in total. The van der Waals surface area contributed by atoms with Crippen molar-refractivity contribution in [3.05, 3.63) is 52.3 Å². The molecule has 0 amide bonds. The maximum Gasteiger partial charge on any atom is 0.242 e. The Hall–Kier alpha value is -1.34. The van der Waals surface area contributed by atoms with E-state index < -0.39 is 10.0 Å².